The maximum absolute atomic E-state index is 12.8. The monoisotopic (exact) mass is 916 g/mol. The Bertz CT molecular complexity index is 2840. The van der Waals surface area contributed by atoms with Crippen molar-refractivity contribution in [2.75, 3.05) is 63.5 Å². The molecule has 0 amide bonds. The molecule has 0 bridgehead atoms. The lowest BCUT2D eigenvalue weighted by Crippen LogP contribution is -2.20. The fourth-order valence-corrected chi connectivity index (χ4v) is 7.25. The first-order chi connectivity index (χ1) is 29.8. The Morgan fingerprint density at radius 1 is 0.698 bits per heavy atom. The first-order valence-corrected chi connectivity index (χ1v) is 21.8. The van der Waals surface area contributed by atoms with Crippen LogP contribution in [0.4, 0.5) is 47.6 Å². The molecule has 24 heteroatoms. The SMILES string of the molecule is CCCOc1cc2ncnc(Nc3cc(S(=O)(=O)NC)ccc3OCC(F)(F)F)c2cc1OCC.CNS(=O)(=O)c1ccc(N(C)C)c(Nc2ncnc3cc([N+](=O)[O-])ccc23)c1. The van der Waals surface area contributed by atoms with Crippen LogP contribution >= 0.6 is 0 Å². The number of aromatic nitrogens is 4. The molecule has 0 unspecified atom stereocenters. The minimum absolute atomic E-state index is 0.0326. The summed E-state index contributed by atoms with van der Waals surface area (Å²) in [6.45, 7) is 3.05. The number of nitro benzene ring substituents is 1. The molecular formula is C39H43F3N10O9S2. The van der Waals surface area contributed by atoms with E-state index in [2.05, 4.69) is 40.0 Å². The zero-order valence-electron chi connectivity index (χ0n) is 34.6. The van der Waals surface area contributed by atoms with Gasteiger partial charge in [0.2, 0.25) is 20.0 Å². The van der Waals surface area contributed by atoms with Crippen molar-refractivity contribution in [2.24, 2.45) is 0 Å². The Kier molecular flexibility index (Phi) is 15.1. The van der Waals surface area contributed by atoms with E-state index in [0.717, 1.165) is 30.3 Å². The number of benzene rings is 4. The van der Waals surface area contributed by atoms with Crippen LogP contribution in [-0.2, 0) is 20.0 Å². The van der Waals surface area contributed by atoms with E-state index >= 15 is 0 Å². The molecule has 0 atom stereocenters. The molecule has 336 valence electrons. The van der Waals surface area contributed by atoms with Crippen molar-refractivity contribution >= 4 is 76.2 Å². The molecule has 0 aliphatic rings. The molecule has 4 N–H and O–H groups in total. The predicted octanol–water partition coefficient (Wildman–Crippen LogP) is 6.67. The number of alkyl halides is 3. The van der Waals surface area contributed by atoms with Gasteiger partial charge in [-0.15, -0.1) is 0 Å². The zero-order valence-corrected chi connectivity index (χ0v) is 36.3. The number of halogens is 3. The summed E-state index contributed by atoms with van der Waals surface area (Å²) in [6.07, 6.45) is -1.25. The van der Waals surface area contributed by atoms with Crippen LogP contribution in [0.5, 0.6) is 17.2 Å². The minimum atomic E-state index is -4.59. The van der Waals surface area contributed by atoms with Crippen molar-refractivity contribution in [3.8, 4) is 17.2 Å². The van der Waals surface area contributed by atoms with E-state index in [1.165, 1.54) is 51.0 Å². The number of sulfonamides is 2. The molecule has 2 heterocycles. The lowest BCUT2D eigenvalue weighted by atomic mass is 10.2. The summed E-state index contributed by atoms with van der Waals surface area (Å²) in [7, 11) is -1.29. The van der Waals surface area contributed by atoms with Gasteiger partial charge in [0, 0.05) is 43.1 Å². The molecule has 63 heavy (non-hydrogen) atoms. The van der Waals surface area contributed by atoms with Gasteiger partial charge in [-0.25, -0.2) is 46.2 Å². The summed E-state index contributed by atoms with van der Waals surface area (Å²) in [6, 6.07) is 15.7. The van der Waals surface area contributed by atoms with Gasteiger partial charge in [-0.1, -0.05) is 6.92 Å². The van der Waals surface area contributed by atoms with Crippen molar-refractivity contribution < 1.29 is 49.1 Å². The van der Waals surface area contributed by atoms with Crippen LogP contribution in [-0.4, -0.2) is 95.9 Å². The second-order valence-electron chi connectivity index (χ2n) is 13.3. The first kappa shape index (κ1) is 47.4. The van der Waals surface area contributed by atoms with Gasteiger partial charge >= 0.3 is 6.18 Å². The summed E-state index contributed by atoms with van der Waals surface area (Å²) in [5.41, 5.74) is 2.03. The van der Waals surface area contributed by atoms with E-state index in [4.69, 9.17) is 14.2 Å². The lowest BCUT2D eigenvalue weighted by molar-refractivity contribution is -0.384. The van der Waals surface area contributed by atoms with Crippen LogP contribution in [0.15, 0.2) is 89.2 Å². The highest BCUT2D eigenvalue weighted by atomic mass is 32.2. The number of rotatable bonds is 17. The first-order valence-electron chi connectivity index (χ1n) is 18.8. The normalized spacial score (nSPS) is 11.7. The van der Waals surface area contributed by atoms with Gasteiger partial charge in [-0.2, -0.15) is 13.2 Å². The maximum Gasteiger partial charge on any atom is 0.422 e. The molecule has 0 saturated carbocycles. The summed E-state index contributed by atoms with van der Waals surface area (Å²) in [4.78, 5) is 29.0. The van der Waals surface area contributed by atoms with E-state index in [1.54, 1.807) is 24.3 Å². The second kappa shape index (κ2) is 20.0. The minimum Gasteiger partial charge on any atom is -0.490 e. The maximum atomic E-state index is 12.8. The molecule has 4 aromatic carbocycles. The molecule has 0 radical (unpaired) electrons. The molecule has 2 aromatic heterocycles. The molecular weight excluding hydrogens is 874 g/mol. The number of fused-ring (bicyclic) bond motifs is 2. The Labute approximate surface area is 360 Å². The number of hydrogen-bond donors (Lipinski definition) is 4. The quantitative estimate of drug-likeness (QED) is 0.0552. The number of nitrogens with one attached hydrogen (secondary N) is 4. The molecule has 19 nitrogen and oxygen atoms in total. The average Bonchev–Trinajstić information content (AvgIpc) is 3.25. The van der Waals surface area contributed by atoms with E-state index in [0.29, 0.717) is 58.0 Å². The van der Waals surface area contributed by atoms with Crippen LogP contribution in [0.1, 0.15) is 20.3 Å². The predicted molar refractivity (Wildman–Crippen MR) is 231 cm³/mol. The number of ether oxygens (including phenoxy) is 3. The van der Waals surface area contributed by atoms with Gasteiger partial charge in [0.25, 0.3) is 5.69 Å². The molecule has 6 rings (SSSR count). The molecule has 0 aliphatic carbocycles. The summed E-state index contributed by atoms with van der Waals surface area (Å²) >= 11 is 0. The number of nitro groups is 1. The molecule has 0 saturated heterocycles. The molecule has 0 fully saturated rings. The third-order valence-electron chi connectivity index (χ3n) is 8.75. The van der Waals surface area contributed by atoms with E-state index < -0.39 is 37.8 Å². The average molecular weight is 917 g/mol. The summed E-state index contributed by atoms with van der Waals surface area (Å²) in [5, 5.41) is 18.0. The number of anilines is 5. The fraction of sp³-hybridized carbons (Fsp3) is 0.282. The van der Waals surface area contributed by atoms with Crippen molar-refractivity contribution in [3.05, 3.63) is 89.5 Å². The van der Waals surface area contributed by atoms with Crippen LogP contribution in [0, 0.1) is 10.1 Å². The van der Waals surface area contributed by atoms with Crippen LogP contribution in [0.25, 0.3) is 21.8 Å². The number of non-ortho nitro benzene ring substituents is 1. The van der Waals surface area contributed by atoms with Crippen LogP contribution in [0.3, 0.4) is 0 Å². The Morgan fingerprint density at radius 3 is 1.84 bits per heavy atom. The number of nitrogens with zero attached hydrogens (tertiary/aromatic N) is 6. The van der Waals surface area contributed by atoms with Gasteiger partial charge in [-0.3, -0.25) is 10.1 Å². The third-order valence-corrected chi connectivity index (χ3v) is 11.6. The Hall–Kier alpha value is -6.63. The highest BCUT2D eigenvalue weighted by molar-refractivity contribution is 7.89. The topological polar surface area (TPSA) is 242 Å². The van der Waals surface area contributed by atoms with Crippen LogP contribution < -0.4 is 39.2 Å². The second-order valence-corrected chi connectivity index (χ2v) is 17.1. The van der Waals surface area contributed by atoms with Gasteiger partial charge in [0.05, 0.1) is 56.0 Å². The van der Waals surface area contributed by atoms with Crippen molar-refractivity contribution in [2.45, 2.75) is 36.2 Å². The fourth-order valence-electron chi connectivity index (χ4n) is 5.74. The van der Waals surface area contributed by atoms with Gasteiger partial charge in [-0.05, 0) is 76.0 Å². The highest BCUT2D eigenvalue weighted by Crippen LogP contribution is 2.38. The lowest BCUT2D eigenvalue weighted by Gasteiger charge is -2.19. The van der Waals surface area contributed by atoms with Gasteiger partial charge in [0.1, 0.15) is 30.0 Å². The summed E-state index contributed by atoms with van der Waals surface area (Å²) < 4.78 is 108. The van der Waals surface area contributed by atoms with E-state index in [1.807, 2.05) is 32.8 Å². The number of hydrogen-bond acceptors (Lipinski definition) is 16. The van der Waals surface area contributed by atoms with E-state index in [-0.39, 0.29) is 32.7 Å². The Balaban J connectivity index is 0.000000243. The molecule has 6 aromatic rings. The van der Waals surface area contributed by atoms with Gasteiger partial charge in [0.15, 0.2) is 18.1 Å². The standard InChI is InChI=1S/C22H25F3N4O5S.C17H18N6O4S/c1-4-8-33-20-11-16-15(10-19(20)32-5-2)21(28-13-27-16)29-17-9-14(35(30,31)26-3)6-7-18(17)34-12-22(23,24)25;1-18-28(26,27)12-5-7-16(22(2)3)15(9-12)21-17-13-6-4-11(23(24)25)8-14(13)19-10-20-17/h6-7,9-11,13,26H,4-5,8,12H2,1-3H3,(H,27,28,29);4-10,18H,1-3H3,(H,19,20,21). The smallest absolute Gasteiger partial charge is 0.422 e. The molecule has 0 aliphatic heterocycles. The van der Waals surface area contributed by atoms with Crippen LogP contribution in [0.2, 0.25) is 0 Å². The van der Waals surface area contributed by atoms with Gasteiger partial charge < -0.3 is 29.7 Å². The Morgan fingerprint density at radius 2 is 1.27 bits per heavy atom. The zero-order chi connectivity index (χ0) is 46.1. The summed E-state index contributed by atoms with van der Waals surface area (Å²) in [5.74, 6) is 1.32. The van der Waals surface area contributed by atoms with Crippen molar-refractivity contribution in [3.63, 3.8) is 0 Å². The largest absolute Gasteiger partial charge is 0.490 e. The molecule has 0 spiro atoms. The van der Waals surface area contributed by atoms with E-state index in [9.17, 15) is 40.1 Å². The van der Waals surface area contributed by atoms with Crippen molar-refractivity contribution in [1.82, 2.24) is 29.4 Å². The third kappa shape index (κ3) is 11.8. The van der Waals surface area contributed by atoms with Crippen molar-refractivity contribution in [1.29, 1.82) is 0 Å². The highest BCUT2D eigenvalue weighted by Gasteiger charge is 2.29.